The predicted octanol–water partition coefficient (Wildman–Crippen LogP) is 2.36. The highest BCUT2D eigenvalue weighted by Gasteiger charge is 2.24. The van der Waals surface area contributed by atoms with Gasteiger partial charge in [-0.15, -0.1) is 0 Å². The Labute approximate surface area is 141 Å². The second-order valence-corrected chi connectivity index (χ2v) is 6.15. The van der Waals surface area contributed by atoms with Crippen LogP contribution in [0.5, 0.6) is 0 Å². The molecule has 0 spiro atoms. The summed E-state index contributed by atoms with van der Waals surface area (Å²) in [6.07, 6.45) is -0.839. The highest BCUT2D eigenvalue weighted by molar-refractivity contribution is 5.88. The number of hydrogen-bond donors (Lipinski definition) is 2. The van der Waals surface area contributed by atoms with Crippen molar-refractivity contribution in [1.29, 1.82) is 0 Å². The van der Waals surface area contributed by atoms with Crippen molar-refractivity contribution in [2.24, 2.45) is 0 Å². The van der Waals surface area contributed by atoms with Gasteiger partial charge in [-0.05, 0) is 34.1 Å². The van der Waals surface area contributed by atoms with E-state index >= 15 is 0 Å². The van der Waals surface area contributed by atoms with Crippen molar-refractivity contribution < 1.29 is 28.6 Å². The lowest BCUT2D eigenvalue weighted by Gasteiger charge is -2.19. The molecule has 0 aliphatic heterocycles. The minimum absolute atomic E-state index is 0.0188. The zero-order valence-corrected chi connectivity index (χ0v) is 14.8. The molecule has 1 amide bonds. The van der Waals surface area contributed by atoms with E-state index in [0.717, 1.165) is 0 Å². The first kappa shape index (κ1) is 20.0. The average Bonchev–Trinajstić information content (AvgIpc) is 2.89. The molecule has 0 aliphatic carbocycles. The number of nitrogens with zero attached hydrogens (tertiary/aromatic N) is 1. The molecule has 0 aromatic carbocycles. The van der Waals surface area contributed by atoms with Gasteiger partial charge in [0.2, 0.25) is 5.89 Å². The molecule has 1 unspecified atom stereocenters. The largest absolute Gasteiger partial charge is 0.461 e. The first-order valence-corrected chi connectivity index (χ1v) is 7.99. The maximum Gasteiger partial charge on any atom is 0.407 e. The number of carbonyl (C=O) groups is 2. The molecular formula is C16H26N2O6. The minimum atomic E-state index is -0.897. The second-order valence-electron chi connectivity index (χ2n) is 6.15. The first-order chi connectivity index (χ1) is 11.2. The van der Waals surface area contributed by atoms with E-state index in [2.05, 4.69) is 10.3 Å². The third kappa shape index (κ3) is 6.19. The highest BCUT2D eigenvalue weighted by Crippen LogP contribution is 2.20. The molecule has 1 aromatic rings. The molecule has 0 aliphatic rings. The number of esters is 1. The lowest BCUT2D eigenvalue weighted by molar-refractivity contribution is 0.0515. The number of amides is 1. The number of rotatable bonds is 7. The van der Waals surface area contributed by atoms with Gasteiger partial charge < -0.3 is 24.3 Å². The third-order valence-electron chi connectivity index (χ3n) is 2.87. The van der Waals surface area contributed by atoms with E-state index in [1.807, 2.05) is 0 Å². The Hall–Kier alpha value is -2.09. The number of aliphatic hydroxyl groups is 1. The molecule has 1 atom stereocenters. The Kier molecular flexibility index (Phi) is 7.21. The lowest BCUT2D eigenvalue weighted by atomic mass is 10.2. The molecule has 1 aromatic heterocycles. The maximum atomic E-state index is 11.9. The molecule has 1 rings (SSSR count). The van der Waals surface area contributed by atoms with Gasteiger partial charge in [0.15, 0.2) is 5.69 Å². The van der Waals surface area contributed by atoms with Gasteiger partial charge in [-0.1, -0.05) is 6.92 Å². The van der Waals surface area contributed by atoms with Crippen molar-refractivity contribution in [3.05, 3.63) is 17.3 Å². The molecular weight excluding hydrogens is 316 g/mol. The average molecular weight is 342 g/mol. The molecule has 0 radical (unpaired) electrons. The quantitative estimate of drug-likeness (QED) is 0.732. The van der Waals surface area contributed by atoms with Gasteiger partial charge >= 0.3 is 12.1 Å². The van der Waals surface area contributed by atoms with Crippen LogP contribution in [0.4, 0.5) is 4.79 Å². The minimum Gasteiger partial charge on any atom is -0.461 e. The Balaban J connectivity index is 2.76. The van der Waals surface area contributed by atoms with E-state index in [1.165, 1.54) is 0 Å². The molecule has 0 fully saturated rings. The van der Waals surface area contributed by atoms with Crippen molar-refractivity contribution in [2.75, 3.05) is 13.2 Å². The van der Waals surface area contributed by atoms with Gasteiger partial charge in [-0.3, -0.25) is 0 Å². The van der Waals surface area contributed by atoms with Crippen LogP contribution < -0.4 is 5.32 Å². The molecule has 0 bridgehead atoms. The van der Waals surface area contributed by atoms with Crippen molar-refractivity contribution in [3.8, 4) is 0 Å². The van der Waals surface area contributed by atoms with Gasteiger partial charge in [0, 0.05) is 13.0 Å². The fourth-order valence-electron chi connectivity index (χ4n) is 1.81. The predicted molar refractivity (Wildman–Crippen MR) is 85.7 cm³/mol. The number of alkyl carbamates (subject to hydrolysis) is 1. The fourth-order valence-corrected chi connectivity index (χ4v) is 1.81. The highest BCUT2D eigenvalue weighted by atomic mass is 16.6. The van der Waals surface area contributed by atoms with E-state index in [1.54, 1.807) is 34.6 Å². The first-order valence-electron chi connectivity index (χ1n) is 7.99. The summed E-state index contributed by atoms with van der Waals surface area (Å²) in [5.74, 6) is -0.303. The zero-order valence-electron chi connectivity index (χ0n) is 14.8. The number of oxazole rings is 1. The van der Waals surface area contributed by atoms with Crippen LogP contribution >= 0.6 is 0 Å². The van der Waals surface area contributed by atoms with Crippen LogP contribution in [0.25, 0.3) is 0 Å². The van der Waals surface area contributed by atoms with Crippen LogP contribution in [0.3, 0.4) is 0 Å². The summed E-state index contributed by atoms with van der Waals surface area (Å²) in [5.41, 5.74) is -0.574. The van der Waals surface area contributed by atoms with Crippen LogP contribution in [-0.2, 0) is 15.9 Å². The van der Waals surface area contributed by atoms with Crippen LogP contribution in [0, 0.1) is 0 Å². The SMILES string of the molecule is CCOC(=O)c1nc(C(O)CC)oc1CCNC(=O)OC(C)(C)C. The summed E-state index contributed by atoms with van der Waals surface area (Å²) in [5, 5.41) is 12.4. The van der Waals surface area contributed by atoms with Crippen molar-refractivity contribution >= 4 is 12.1 Å². The number of aromatic nitrogens is 1. The van der Waals surface area contributed by atoms with Gasteiger partial charge in [-0.2, -0.15) is 0 Å². The molecule has 2 N–H and O–H groups in total. The fraction of sp³-hybridized carbons (Fsp3) is 0.688. The second kappa shape index (κ2) is 8.68. The monoisotopic (exact) mass is 342 g/mol. The molecule has 136 valence electrons. The lowest BCUT2D eigenvalue weighted by Crippen LogP contribution is -2.33. The Morgan fingerprint density at radius 1 is 1.33 bits per heavy atom. The molecule has 8 nitrogen and oxygen atoms in total. The summed E-state index contributed by atoms with van der Waals surface area (Å²) >= 11 is 0. The van der Waals surface area contributed by atoms with Crippen LogP contribution in [-0.4, -0.2) is 40.9 Å². The third-order valence-corrected chi connectivity index (χ3v) is 2.87. The summed E-state index contributed by atoms with van der Waals surface area (Å²) in [4.78, 5) is 27.6. The number of aliphatic hydroxyl groups excluding tert-OH is 1. The van der Waals surface area contributed by atoms with Crippen molar-refractivity contribution in [1.82, 2.24) is 10.3 Å². The Morgan fingerprint density at radius 2 is 2.00 bits per heavy atom. The van der Waals surface area contributed by atoms with Crippen molar-refractivity contribution in [2.45, 2.75) is 59.2 Å². The number of hydrogen-bond acceptors (Lipinski definition) is 7. The molecule has 1 heterocycles. The molecule has 0 saturated heterocycles. The van der Waals surface area contributed by atoms with Gasteiger partial charge in [0.25, 0.3) is 0 Å². The number of ether oxygens (including phenoxy) is 2. The summed E-state index contributed by atoms with van der Waals surface area (Å²) in [7, 11) is 0. The van der Waals surface area contributed by atoms with E-state index < -0.39 is 23.8 Å². The van der Waals surface area contributed by atoms with Crippen LogP contribution in [0.15, 0.2) is 4.42 Å². The summed E-state index contributed by atoms with van der Waals surface area (Å²) < 4.78 is 15.5. The summed E-state index contributed by atoms with van der Waals surface area (Å²) in [6.45, 7) is 9.14. The zero-order chi connectivity index (χ0) is 18.3. The van der Waals surface area contributed by atoms with E-state index in [4.69, 9.17) is 13.9 Å². The van der Waals surface area contributed by atoms with E-state index in [9.17, 15) is 14.7 Å². The summed E-state index contributed by atoms with van der Waals surface area (Å²) in [6, 6.07) is 0. The maximum absolute atomic E-state index is 11.9. The van der Waals surface area contributed by atoms with Crippen LogP contribution in [0.1, 0.15) is 69.3 Å². The Bertz CT molecular complexity index is 561. The number of nitrogens with one attached hydrogen (secondary N) is 1. The van der Waals surface area contributed by atoms with Gasteiger partial charge in [0.1, 0.15) is 17.5 Å². The normalized spacial score (nSPS) is 12.6. The smallest absolute Gasteiger partial charge is 0.407 e. The van der Waals surface area contributed by atoms with Gasteiger partial charge in [-0.25, -0.2) is 14.6 Å². The van der Waals surface area contributed by atoms with E-state index in [0.29, 0.717) is 6.42 Å². The topological polar surface area (TPSA) is 111 Å². The molecule has 24 heavy (non-hydrogen) atoms. The standard InChI is InChI=1S/C16H26N2O6/c1-6-10(19)13-18-12(14(20)22-7-2)11(23-13)8-9-17-15(21)24-16(3,4)5/h10,19H,6-9H2,1-5H3,(H,17,21). The Morgan fingerprint density at radius 3 is 2.54 bits per heavy atom. The van der Waals surface area contributed by atoms with Crippen LogP contribution in [0.2, 0.25) is 0 Å². The van der Waals surface area contributed by atoms with Gasteiger partial charge in [0.05, 0.1) is 6.61 Å². The molecule has 0 saturated carbocycles. The number of carbonyl (C=O) groups excluding carboxylic acids is 2. The molecule has 8 heteroatoms. The van der Waals surface area contributed by atoms with Crippen molar-refractivity contribution in [3.63, 3.8) is 0 Å². The van der Waals surface area contributed by atoms with E-state index in [-0.39, 0.29) is 36.9 Å².